The van der Waals surface area contributed by atoms with Crippen molar-refractivity contribution in [3.05, 3.63) is 29.6 Å². The molecule has 24 heavy (non-hydrogen) atoms. The van der Waals surface area contributed by atoms with Gasteiger partial charge in [-0.1, -0.05) is 84.0 Å². The average Bonchev–Trinajstić information content (AvgIpc) is 2.58. The molecule has 0 fully saturated rings. The van der Waals surface area contributed by atoms with Crippen LogP contribution in [0.2, 0.25) is 0 Å². The molecule has 0 bridgehead atoms. The predicted octanol–water partition coefficient (Wildman–Crippen LogP) is 7.07. The first-order valence-electron chi connectivity index (χ1n) is 10.7. The monoisotopic (exact) mass is 332 g/mol. The summed E-state index contributed by atoms with van der Waals surface area (Å²) in [5, 5.41) is 0. The smallest absolute Gasteiger partial charge is 0.178 e. The molecule has 1 heterocycles. The van der Waals surface area contributed by atoms with Gasteiger partial charge in [0.2, 0.25) is 0 Å². The fraction of sp³-hybridized carbons (Fsp3) is 0.783. The average molecular weight is 333 g/mol. The summed E-state index contributed by atoms with van der Waals surface area (Å²) in [6.07, 6.45) is 22.4. The zero-order chi connectivity index (χ0) is 17.5. The Hall–Kier alpha value is -0.850. The molecule has 0 unspecified atom stereocenters. The van der Waals surface area contributed by atoms with E-state index < -0.39 is 0 Å². The number of hydrogen-bond acceptors (Lipinski definition) is 0. The number of pyridine rings is 1. The highest BCUT2D eigenvalue weighted by Gasteiger charge is 2.05. The maximum absolute atomic E-state index is 2.41. The molecule has 0 saturated heterocycles. The maximum Gasteiger partial charge on any atom is 0.178 e. The van der Waals surface area contributed by atoms with Crippen LogP contribution in [0, 0.1) is 13.8 Å². The van der Waals surface area contributed by atoms with E-state index in [4.69, 9.17) is 0 Å². The van der Waals surface area contributed by atoms with Crippen molar-refractivity contribution in [3.63, 3.8) is 0 Å². The van der Waals surface area contributed by atoms with Gasteiger partial charge in [0.05, 0.1) is 0 Å². The highest BCUT2D eigenvalue weighted by Crippen LogP contribution is 2.13. The summed E-state index contributed by atoms with van der Waals surface area (Å²) in [6.45, 7) is 7.87. The van der Waals surface area contributed by atoms with Gasteiger partial charge in [0.15, 0.2) is 11.9 Å². The predicted molar refractivity (Wildman–Crippen MR) is 106 cm³/mol. The van der Waals surface area contributed by atoms with E-state index in [1.54, 1.807) is 0 Å². The second-order valence-electron chi connectivity index (χ2n) is 7.64. The maximum atomic E-state index is 2.41. The largest absolute Gasteiger partial charge is 0.202 e. The van der Waals surface area contributed by atoms with E-state index in [9.17, 15) is 0 Å². The van der Waals surface area contributed by atoms with Gasteiger partial charge in [-0.3, -0.25) is 0 Å². The molecule has 0 aliphatic rings. The van der Waals surface area contributed by atoms with Gasteiger partial charge in [0.1, 0.15) is 6.54 Å². The third-order valence-electron chi connectivity index (χ3n) is 5.15. The SMILES string of the molecule is CCCCCCCCCCCCCCCC[n+]1cc(C)ccc1C. The van der Waals surface area contributed by atoms with Crippen molar-refractivity contribution in [1.82, 2.24) is 0 Å². The molecule has 1 nitrogen and oxygen atoms in total. The molecule has 0 aliphatic heterocycles. The Kier molecular flexibility index (Phi) is 12.8. The summed E-state index contributed by atoms with van der Waals surface area (Å²) < 4.78 is 2.41. The fourth-order valence-electron chi connectivity index (χ4n) is 3.46. The second kappa shape index (κ2) is 14.5. The summed E-state index contributed by atoms with van der Waals surface area (Å²) in [5.41, 5.74) is 2.75. The Morgan fingerprint density at radius 2 is 1.08 bits per heavy atom. The van der Waals surface area contributed by atoms with Gasteiger partial charge in [-0.15, -0.1) is 0 Å². The summed E-state index contributed by atoms with van der Waals surface area (Å²) in [5.74, 6) is 0. The molecule has 0 amide bonds. The molecule has 0 radical (unpaired) electrons. The van der Waals surface area contributed by atoms with Crippen molar-refractivity contribution in [3.8, 4) is 0 Å². The standard InChI is InChI=1S/C23H42N/c1-4-5-6-7-8-9-10-11-12-13-14-15-16-17-20-24-21-22(2)18-19-23(24)3/h18-19,21H,4-17,20H2,1-3H3/q+1. The van der Waals surface area contributed by atoms with Crippen LogP contribution in [0.5, 0.6) is 0 Å². The van der Waals surface area contributed by atoms with Crippen LogP contribution in [0.15, 0.2) is 18.3 Å². The van der Waals surface area contributed by atoms with E-state index in [0.29, 0.717) is 0 Å². The van der Waals surface area contributed by atoms with E-state index in [-0.39, 0.29) is 0 Å². The quantitative estimate of drug-likeness (QED) is 0.239. The molecule has 0 aliphatic carbocycles. The van der Waals surface area contributed by atoms with Gasteiger partial charge in [-0.2, -0.15) is 0 Å². The lowest BCUT2D eigenvalue weighted by atomic mass is 10.0. The fourth-order valence-corrected chi connectivity index (χ4v) is 3.46. The Labute approximate surface area is 151 Å². The van der Waals surface area contributed by atoms with Gasteiger partial charge in [-0.25, -0.2) is 4.57 Å². The minimum absolute atomic E-state index is 1.19. The molecule has 0 atom stereocenters. The molecule has 0 spiro atoms. The van der Waals surface area contributed by atoms with Crippen molar-refractivity contribution >= 4 is 0 Å². The number of rotatable bonds is 15. The number of aryl methyl sites for hydroxylation is 3. The van der Waals surface area contributed by atoms with Crippen molar-refractivity contribution in [2.24, 2.45) is 0 Å². The minimum atomic E-state index is 1.19. The first kappa shape index (κ1) is 21.2. The summed E-state index contributed by atoms with van der Waals surface area (Å²) >= 11 is 0. The van der Waals surface area contributed by atoms with Crippen LogP contribution in [0.4, 0.5) is 0 Å². The Morgan fingerprint density at radius 1 is 0.625 bits per heavy atom. The van der Waals surface area contributed by atoms with Crippen LogP contribution in [0.3, 0.4) is 0 Å². The lowest BCUT2D eigenvalue weighted by Crippen LogP contribution is -2.36. The molecule has 1 aromatic heterocycles. The van der Waals surface area contributed by atoms with Crippen LogP contribution in [-0.2, 0) is 6.54 Å². The number of nitrogens with zero attached hydrogens (tertiary/aromatic N) is 1. The van der Waals surface area contributed by atoms with Gasteiger partial charge in [0.25, 0.3) is 0 Å². The molecule has 1 rings (SSSR count). The first-order valence-corrected chi connectivity index (χ1v) is 10.7. The topological polar surface area (TPSA) is 3.88 Å². The highest BCUT2D eigenvalue weighted by molar-refractivity contribution is 5.05. The first-order chi connectivity index (χ1) is 11.7. The van der Waals surface area contributed by atoms with Crippen LogP contribution in [0.25, 0.3) is 0 Å². The molecule has 0 saturated carbocycles. The van der Waals surface area contributed by atoms with Crippen LogP contribution in [-0.4, -0.2) is 0 Å². The van der Waals surface area contributed by atoms with E-state index in [1.807, 2.05) is 0 Å². The van der Waals surface area contributed by atoms with Crippen molar-refractivity contribution < 1.29 is 4.57 Å². The van der Waals surface area contributed by atoms with Gasteiger partial charge in [-0.05, 0) is 19.4 Å². The van der Waals surface area contributed by atoms with Crippen molar-refractivity contribution in [1.29, 1.82) is 0 Å². The summed E-state index contributed by atoms with van der Waals surface area (Å²) in [4.78, 5) is 0. The zero-order valence-corrected chi connectivity index (χ0v) is 16.8. The number of aromatic nitrogens is 1. The van der Waals surface area contributed by atoms with Gasteiger partial charge >= 0.3 is 0 Å². The third kappa shape index (κ3) is 10.8. The Morgan fingerprint density at radius 3 is 1.58 bits per heavy atom. The second-order valence-corrected chi connectivity index (χ2v) is 7.64. The van der Waals surface area contributed by atoms with Crippen molar-refractivity contribution in [2.75, 3.05) is 0 Å². The summed E-state index contributed by atoms with van der Waals surface area (Å²) in [6, 6.07) is 4.44. The van der Waals surface area contributed by atoms with E-state index >= 15 is 0 Å². The normalized spacial score (nSPS) is 11.1. The van der Waals surface area contributed by atoms with E-state index in [1.165, 1.54) is 108 Å². The number of hydrogen-bond donors (Lipinski definition) is 0. The molecule has 138 valence electrons. The van der Waals surface area contributed by atoms with Crippen LogP contribution < -0.4 is 4.57 Å². The van der Waals surface area contributed by atoms with Crippen LogP contribution in [0.1, 0.15) is 108 Å². The minimum Gasteiger partial charge on any atom is -0.202 e. The molecule has 0 N–H and O–H groups in total. The summed E-state index contributed by atoms with van der Waals surface area (Å²) in [7, 11) is 0. The molecular weight excluding hydrogens is 290 g/mol. The zero-order valence-electron chi connectivity index (χ0n) is 16.8. The highest BCUT2D eigenvalue weighted by atomic mass is 14.9. The van der Waals surface area contributed by atoms with Crippen molar-refractivity contribution in [2.45, 2.75) is 117 Å². The van der Waals surface area contributed by atoms with E-state index in [2.05, 4.69) is 43.7 Å². The van der Waals surface area contributed by atoms with Gasteiger partial charge < -0.3 is 0 Å². The number of unbranched alkanes of at least 4 members (excludes halogenated alkanes) is 13. The molecule has 0 aromatic carbocycles. The molecule has 1 heteroatoms. The van der Waals surface area contributed by atoms with Crippen LogP contribution >= 0.6 is 0 Å². The third-order valence-corrected chi connectivity index (χ3v) is 5.15. The lowest BCUT2D eigenvalue weighted by Gasteiger charge is -2.04. The van der Waals surface area contributed by atoms with Gasteiger partial charge in [0, 0.05) is 25.0 Å². The van der Waals surface area contributed by atoms with E-state index in [0.717, 1.165) is 0 Å². The Balaban J connectivity index is 1.85. The Bertz CT molecular complexity index is 410. The molecule has 1 aromatic rings. The lowest BCUT2D eigenvalue weighted by molar-refractivity contribution is -0.703. The molecular formula is C23H42N+.